The number of halogens is 1. The Labute approximate surface area is 77.2 Å². The van der Waals surface area contributed by atoms with E-state index >= 15 is 0 Å². The maximum atomic E-state index is 12.9. The Hall–Kier alpha value is -0.930. The Morgan fingerprint density at radius 3 is 2.62 bits per heavy atom. The molecule has 1 unspecified atom stereocenters. The van der Waals surface area contributed by atoms with E-state index in [1.807, 2.05) is 0 Å². The van der Waals surface area contributed by atoms with Crippen LogP contribution in [0, 0.1) is 12.7 Å². The summed E-state index contributed by atoms with van der Waals surface area (Å²) in [7, 11) is 0. The molecule has 0 bridgehead atoms. The number of nitrogens with two attached hydrogens (primary N) is 1. The van der Waals surface area contributed by atoms with Crippen LogP contribution in [0.1, 0.15) is 18.1 Å². The highest BCUT2D eigenvalue weighted by atomic mass is 19.1. The average molecular weight is 183 g/mol. The van der Waals surface area contributed by atoms with Gasteiger partial charge >= 0.3 is 0 Å². The van der Waals surface area contributed by atoms with Gasteiger partial charge in [0.05, 0.1) is 5.60 Å². The zero-order valence-corrected chi connectivity index (χ0v) is 7.84. The number of aryl methyl sites for hydroxylation is 1. The van der Waals surface area contributed by atoms with Gasteiger partial charge in [-0.3, -0.25) is 0 Å². The van der Waals surface area contributed by atoms with Crippen molar-refractivity contribution in [3.63, 3.8) is 0 Å². The number of hydrogen-bond donors (Lipinski definition) is 2. The number of hydrogen-bond acceptors (Lipinski definition) is 2. The van der Waals surface area contributed by atoms with Gasteiger partial charge in [-0.25, -0.2) is 4.39 Å². The van der Waals surface area contributed by atoms with Gasteiger partial charge < -0.3 is 10.8 Å². The molecule has 0 aliphatic heterocycles. The molecule has 0 aromatic heterocycles. The molecule has 0 saturated heterocycles. The summed E-state index contributed by atoms with van der Waals surface area (Å²) in [6.45, 7) is 3.39. The molecular formula is C10H14FNO. The van der Waals surface area contributed by atoms with Crippen LogP contribution >= 0.6 is 0 Å². The molecule has 0 heterocycles. The van der Waals surface area contributed by atoms with Crippen LogP contribution < -0.4 is 5.73 Å². The molecule has 0 radical (unpaired) electrons. The summed E-state index contributed by atoms with van der Waals surface area (Å²) in [6, 6.07) is 4.51. The van der Waals surface area contributed by atoms with Crippen molar-refractivity contribution >= 4 is 0 Å². The highest BCUT2D eigenvalue weighted by molar-refractivity contribution is 5.28. The highest BCUT2D eigenvalue weighted by Gasteiger charge is 2.21. The van der Waals surface area contributed by atoms with Gasteiger partial charge in [0.25, 0.3) is 0 Å². The molecule has 2 nitrogen and oxygen atoms in total. The summed E-state index contributed by atoms with van der Waals surface area (Å²) in [5.74, 6) is -0.267. The van der Waals surface area contributed by atoms with Crippen LogP contribution in [-0.2, 0) is 5.60 Å². The molecule has 13 heavy (non-hydrogen) atoms. The molecule has 72 valence electrons. The van der Waals surface area contributed by atoms with Gasteiger partial charge in [0, 0.05) is 6.54 Å². The summed E-state index contributed by atoms with van der Waals surface area (Å²) >= 11 is 0. The molecule has 3 N–H and O–H groups in total. The SMILES string of the molecule is Cc1cc(C(C)(O)CN)ccc1F. The van der Waals surface area contributed by atoms with Crippen LogP contribution in [0.25, 0.3) is 0 Å². The van der Waals surface area contributed by atoms with E-state index in [2.05, 4.69) is 0 Å². The zero-order valence-electron chi connectivity index (χ0n) is 7.84. The minimum atomic E-state index is -1.07. The second kappa shape index (κ2) is 3.44. The quantitative estimate of drug-likeness (QED) is 0.726. The molecule has 1 aromatic rings. The van der Waals surface area contributed by atoms with Gasteiger partial charge in [0.2, 0.25) is 0 Å². The first-order valence-corrected chi connectivity index (χ1v) is 4.16. The first-order valence-electron chi connectivity index (χ1n) is 4.16. The van der Waals surface area contributed by atoms with Crippen LogP contribution in [0.5, 0.6) is 0 Å². The van der Waals surface area contributed by atoms with E-state index in [-0.39, 0.29) is 12.4 Å². The molecule has 0 aliphatic rings. The van der Waals surface area contributed by atoms with Gasteiger partial charge in [-0.2, -0.15) is 0 Å². The molecule has 3 heteroatoms. The first kappa shape index (κ1) is 10.2. The fraction of sp³-hybridized carbons (Fsp3) is 0.400. The molecule has 0 spiro atoms. The third kappa shape index (κ3) is 2.05. The summed E-state index contributed by atoms with van der Waals surface area (Å²) in [5.41, 5.74) is 5.48. The van der Waals surface area contributed by atoms with Crippen molar-refractivity contribution in [2.75, 3.05) is 6.54 Å². The monoisotopic (exact) mass is 183 g/mol. The molecule has 0 amide bonds. The van der Waals surface area contributed by atoms with Crippen LogP contribution in [0.2, 0.25) is 0 Å². The smallest absolute Gasteiger partial charge is 0.126 e. The van der Waals surface area contributed by atoms with E-state index in [0.717, 1.165) is 0 Å². The summed E-state index contributed by atoms with van der Waals surface area (Å²) in [6.07, 6.45) is 0. The van der Waals surface area contributed by atoms with Gasteiger partial charge in [-0.15, -0.1) is 0 Å². The fourth-order valence-electron chi connectivity index (χ4n) is 1.10. The molecule has 0 aliphatic carbocycles. The molecule has 0 saturated carbocycles. The standard InChI is InChI=1S/C10H14FNO/c1-7-5-8(3-4-9(7)11)10(2,13)6-12/h3-5,13H,6,12H2,1-2H3. The third-order valence-electron chi connectivity index (χ3n) is 2.18. The van der Waals surface area contributed by atoms with Crippen molar-refractivity contribution in [1.29, 1.82) is 0 Å². The molecule has 1 rings (SSSR count). The Balaban J connectivity index is 3.10. The average Bonchev–Trinajstić information content (AvgIpc) is 2.09. The first-order chi connectivity index (χ1) is 5.97. The topological polar surface area (TPSA) is 46.2 Å². The summed E-state index contributed by atoms with van der Waals surface area (Å²) in [4.78, 5) is 0. The molecule has 1 aromatic carbocycles. The van der Waals surface area contributed by atoms with Crippen LogP contribution in [-0.4, -0.2) is 11.7 Å². The predicted octanol–water partition coefficient (Wildman–Crippen LogP) is 1.30. The van der Waals surface area contributed by atoms with Crippen LogP contribution in [0.15, 0.2) is 18.2 Å². The van der Waals surface area contributed by atoms with E-state index in [0.29, 0.717) is 11.1 Å². The van der Waals surface area contributed by atoms with E-state index in [4.69, 9.17) is 5.73 Å². The maximum Gasteiger partial charge on any atom is 0.126 e. The van der Waals surface area contributed by atoms with Crippen molar-refractivity contribution < 1.29 is 9.50 Å². The molecule has 0 fully saturated rings. The second-order valence-corrected chi connectivity index (χ2v) is 3.44. The maximum absolute atomic E-state index is 12.9. The van der Waals surface area contributed by atoms with Crippen molar-refractivity contribution in [3.05, 3.63) is 35.1 Å². The van der Waals surface area contributed by atoms with Crippen molar-refractivity contribution in [3.8, 4) is 0 Å². The fourth-order valence-corrected chi connectivity index (χ4v) is 1.10. The Morgan fingerprint density at radius 2 is 2.15 bits per heavy atom. The second-order valence-electron chi connectivity index (χ2n) is 3.44. The highest BCUT2D eigenvalue weighted by Crippen LogP contribution is 2.21. The van der Waals surface area contributed by atoms with E-state index in [1.54, 1.807) is 26.0 Å². The van der Waals surface area contributed by atoms with Gasteiger partial charge in [0.1, 0.15) is 5.82 Å². The van der Waals surface area contributed by atoms with E-state index in [9.17, 15) is 9.50 Å². The molecule has 1 atom stereocenters. The summed E-state index contributed by atoms with van der Waals surface area (Å²) < 4.78 is 12.9. The van der Waals surface area contributed by atoms with Gasteiger partial charge in [-0.05, 0) is 31.0 Å². The Bertz CT molecular complexity index is 310. The predicted molar refractivity (Wildman–Crippen MR) is 49.8 cm³/mol. The normalized spacial score (nSPS) is 15.5. The van der Waals surface area contributed by atoms with Crippen molar-refractivity contribution in [2.24, 2.45) is 5.73 Å². The van der Waals surface area contributed by atoms with Crippen molar-refractivity contribution in [2.45, 2.75) is 19.4 Å². The van der Waals surface area contributed by atoms with Gasteiger partial charge in [0.15, 0.2) is 0 Å². The minimum Gasteiger partial charge on any atom is -0.384 e. The number of rotatable bonds is 2. The molecular weight excluding hydrogens is 169 g/mol. The van der Waals surface area contributed by atoms with Crippen LogP contribution in [0.3, 0.4) is 0 Å². The zero-order chi connectivity index (χ0) is 10.1. The largest absolute Gasteiger partial charge is 0.384 e. The lowest BCUT2D eigenvalue weighted by molar-refractivity contribution is 0.0667. The van der Waals surface area contributed by atoms with Crippen LogP contribution in [0.4, 0.5) is 4.39 Å². The Kier molecular flexibility index (Phi) is 2.68. The lowest BCUT2D eigenvalue weighted by Gasteiger charge is -2.21. The van der Waals surface area contributed by atoms with Gasteiger partial charge in [-0.1, -0.05) is 12.1 Å². The summed E-state index contributed by atoms with van der Waals surface area (Å²) in [5, 5.41) is 9.76. The lowest BCUT2D eigenvalue weighted by atomic mass is 9.95. The van der Waals surface area contributed by atoms with E-state index < -0.39 is 5.60 Å². The van der Waals surface area contributed by atoms with Crippen molar-refractivity contribution in [1.82, 2.24) is 0 Å². The number of aliphatic hydroxyl groups is 1. The Morgan fingerprint density at radius 1 is 1.54 bits per heavy atom. The minimum absolute atomic E-state index is 0.123. The van der Waals surface area contributed by atoms with E-state index in [1.165, 1.54) is 6.07 Å². The third-order valence-corrected chi connectivity index (χ3v) is 2.18. The lowest BCUT2D eigenvalue weighted by Crippen LogP contribution is -2.31. The number of benzene rings is 1.